The number of aliphatic carboxylic acids is 1. The first-order valence-electron chi connectivity index (χ1n) is 11.7. The fourth-order valence-corrected chi connectivity index (χ4v) is 3.36. The van der Waals surface area contributed by atoms with Gasteiger partial charge in [-0.1, -0.05) is 44.2 Å². The van der Waals surface area contributed by atoms with Crippen molar-refractivity contribution in [3.05, 3.63) is 35.9 Å². The average molecular weight is 478 g/mol. The number of hydrogen-bond donors (Lipinski definition) is 6. The van der Waals surface area contributed by atoms with Crippen LogP contribution in [0.1, 0.15) is 52.0 Å². The molecule has 0 radical (unpaired) electrons. The fraction of sp³-hybridized carbons (Fsp3) is 0.583. The van der Waals surface area contributed by atoms with Crippen molar-refractivity contribution in [2.75, 3.05) is 6.54 Å². The van der Waals surface area contributed by atoms with Crippen LogP contribution < -0.4 is 27.4 Å². The number of rotatable bonds is 15. The highest BCUT2D eigenvalue weighted by molar-refractivity contribution is 5.94. The van der Waals surface area contributed by atoms with Crippen molar-refractivity contribution in [1.82, 2.24) is 16.0 Å². The summed E-state index contributed by atoms with van der Waals surface area (Å²) in [6.07, 6.45) is 2.21. The SMILES string of the molecule is CC(C)CC(N)C(=O)NC(CCCCN)C(=O)NC(Cc1ccccc1)C(=O)NC(C)C(=O)O. The third-order valence-electron chi connectivity index (χ3n) is 5.29. The summed E-state index contributed by atoms with van der Waals surface area (Å²) in [5.41, 5.74) is 12.3. The predicted octanol–water partition coefficient (Wildman–Crippen LogP) is 0.290. The van der Waals surface area contributed by atoms with Gasteiger partial charge in [-0.15, -0.1) is 0 Å². The lowest BCUT2D eigenvalue weighted by atomic mass is 10.0. The zero-order valence-electron chi connectivity index (χ0n) is 20.3. The van der Waals surface area contributed by atoms with Gasteiger partial charge in [0.15, 0.2) is 0 Å². The summed E-state index contributed by atoms with van der Waals surface area (Å²) in [4.78, 5) is 49.7. The van der Waals surface area contributed by atoms with Crippen LogP contribution in [0.3, 0.4) is 0 Å². The Balaban J connectivity index is 3.02. The fourth-order valence-electron chi connectivity index (χ4n) is 3.36. The maximum Gasteiger partial charge on any atom is 0.325 e. The Kier molecular flexibility index (Phi) is 12.8. The quantitative estimate of drug-likeness (QED) is 0.197. The molecule has 4 atom stereocenters. The number of nitrogens with one attached hydrogen (secondary N) is 3. The van der Waals surface area contributed by atoms with Crippen molar-refractivity contribution in [3.63, 3.8) is 0 Å². The molecule has 0 saturated carbocycles. The monoisotopic (exact) mass is 477 g/mol. The standard InChI is InChI=1S/C24H39N5O5/c1-15(2)13-18(26)21(30)28-19(11-7-8-12-25)22(31)29-20(14-17-9-5-4-6-10-17)23(32)27-16(3)24(33)34/h4-6,9-10,15-16,18-20H,7-8,11-14,25-26H2,1-3H3,(H,27,32)(H,28,30)(H,29,31)(H,33,34). The largest absolute Gasteiger partial charge is 0.480 e. The first-order valence-corrected chi connectivity index (χ1v) is 11.7. The zero-order valence-corrected chi connectivity index (χ0v) is 20.3. The van der Waals surface area contributed by atoms with Gasteiger partial charge in [-0.25, -0.2) is 0 Å². The Morgan fingerprint density at radius 3 is 2.03 bits per heavy atom. The van der Waals surface area contributed by atoms with Gasteiger partial charge < -0.3 is 32.5 Å². The number of carbonyl (C=O) groups excluding carboxylic acids is 3. The van der Waals surface area contributed by atoms with Crippen molar-refractivity contribution < 1.29 is 24.3 Å². The minimum absolute atomic E-state index is 0.154. The molecule has 10 heteroatoms. The van der Waals surface area contributed by atoms with Crippen LogP contribution in [-0.4, -0.2) is 59.5 Å². The van der Waals surface area contributed by atoms with E-state index in [2.05, 4.69) is 16.0 Å². The summed E-state index contributed by atoms with van der Waals surface area (Å²) in [5.74, 6) is -2.59. The minimum Gasteiger partial charge on any atom is -0.480 e. The van der Waals surface area contributed by atoms with Crippen LogP contribution in [0.5, 0.6) is 0 Å². The van der Waals surface area contributed by atoms with Crippen LogP contribution in [0.4, 0.5) is 0 Å². The molecule has 34 heavy (non-hydrogen) atoms. The Hall–Kier alpha value is -2.98. The third kappa shape index (κ3) is 10.8. The first-order chi connectivity index (χ1) is 16.0. The Labute approximate surface area is 201 Å². The minimum atomic E-state index is -1.19. The van der Waals surface area contributed by atoms with Crippen molar-refractivity contribution in [1.29, 1.82) is 0 Å². The summed E-state index contributed by atoms with van der Waals surface area (Å²) >= 11 is 0. The van der Waals surface area contributed by atoms with E-state index < -0.39 is 47.9 Å². The van der Waals surface area contributed by atoms with E-state index in [1.165, 1.54) is 6.92 Å². The normalized spacial score (nSPS) is 14.5. The molecule has 10 nitrogen and oxygen atoms in total. The summed E-state index contributed by atoms with van der Waals surface area (Å²) in [6.45, 7) is 5.68. The smallest absolute Gasteiger partial charge is 0.325 e. The molecule has 0 aromatic heterocycles. The molecule has 190 valence electrons. The van der Waals surface area contributed by atoms with Gasteiger partial charge in [0.1, 0.15) is 18.1 Å². The molecule has 1 aromatic carbocycles. The molecule has 0 heterocycles. The van der Waals surface area contributed by atoms with Gasteiger partial charge in [0.2, 0.25) is 17.7 Å². The Morgan fingerprint density at radius 2 is 1.47 bits per heavy atom. The number of carboxylic acid groups (broad SMARTS) is 1. The number of hydrogen-bond acceptors (Lipinski definition) is 6. The highest BCUT2D eigenvalue weighted by Crippen LogP contribution is 2.08. The average Bonchev–Trinajstić information content (AvgIpc) is 2.77. The van der Waals surface area contributed by atoms with Crippen LogP contribution in [0.2, 0.25) is 0 Å². The molecule has 0 bridgehead atoms. The molecule has 0 spiro atoms. The van der Waals surface area contributed by atoms with Crippen LogP contribution in [-0.2, 0) is 25.6 Å². The third-order valence-corrected chi connectivity index (χ3v) is 5.29. The second-order valence-electron chi connectivity index (χ2n) is 8.90. The molecule has 0 aliphatic heterocycles. The van der Waals surface area contributed by atoms with E-state index in [1.54, 1.807) is 24.3 Å². The molecular formula is C24H39N5O5. The van der Waals surface area contributed by atoms with E-state index in [9.17, 15) is 19.2 Å². The van der Waals surface area contributed by atoms with Gasteiger partial charge in [-0.3, -0.25) is 19.2 Å². The number of amides is 3. The van der Waals surface area contributed by atoms with Crippen LogP contribution in [0.25, 0.3) is 0 Å². The van der Waals surface area contributed by atoms with E-state index in [1.807, 2.05) is 19.9 Å². The van der Waals surface area contributed by atoms with E-state index in [0.29, 0.717) is 32.2 Å². The van der Waals surface area contributed by atoms with E-state index in [-0.39, 0.29) is 12.3 Å². The molecule has 0 aliphatic carbocycles. The lowest BCUT2D eigenvalue weighted by Crippen LogP contribution is -2.57. The number of nitrogens with two attached hydrogens (primary N) is 2. The number of carboxylic acids is 1. The molecule has 0 saturated heterocycles. The van der Waals surface area contributed by atoms with E-state index in [0.717, 1.165) is 5.56 Å². The topological polar surface area (TPSA) is 177 Å². The maximum absolute atomic E-state index is 13.1. The van der Waals surface area contributed by atoms with Gasteiger partial charge in [0.25, 0.3) is 0 Å². The lowest BCUT2D eigenvalue weighted by Gasteiger charge is -2.25. The summed E-state index contributed by atoms with van der Waals surface area (Å²) in [6, 6.07) is 5.22. The Morgan fingerprint density at radius 1 is 0.882 bits per heavy atom. The van der Waals surface area contributed by atoms with Crippen LogP contribution in [0.15, 0.2) is 30.3 Å². The molecular weight excluding hydrogens is 438 g/mol. The lowest BCUT2D eigenvalue weighted by molar-refractivity contribution is -0.141. The summed E-state index contributed by atoms with van der Waals surface area (Å²) in [5, 5.41) is 16.9. The van der Waals surface area contributed by atoms with Crippen LogP contribution in [0, 0.1) is 5.92 Å². The van der Waals surface area contributed by atoms with Crippen LogP contribution >= 0.6 is 0 Å². The van der Waals surface area contributed by atoms with Gasteiger partial charge in [-0.2, -0.15) is 0 Å². The van der Waals surface area contributed by atoms with E-state index in [4.69, 9.17) is 16.6 Å². The molecule has 8 N–H and O–H groups in total. The number of carbonyl (C=O) groups is 4. The predicted molar refractivity (Wildman–Crippen MR) is 130 cm³/mol. The molecule has 4 unspecified atom stereocenters. The van der Waals surface area contributed by atoms with Crippen molar-refractivity contribution in [2.24, 2.45) is 17.4 Å². The second-order valence-corrected chi connectivity index (χ2v) is 8.90. The van der Waals surface area contributed by atoms with Gasteiger partial charge in [-0.05, 0) is 50.6 Å². The first kappa shape index (κ1) is 29.1. The molecule has 0 fully saturated rings. The zero-order chi connectivity index (χ0) is 25.7. The number of unbranched alkanes of at least 4 members (excludes halogenated alkanes) is 1. The summed E-state index contributed by atoms with van der Waals surface area (Å²) < 4.78 is 0. The number of benzene rings is 1. The van der Waals surface area contributed by atoms with Crippen molar-refractivity contribution >= 4 is 23.7 Å². The highest BCUT2D eigenvalue weighted by atomic mass is 16.4. The van der Waals surface area contributed by atoms with E-state index >= 15 is 0 Å². The van der Waals surface area contributed by atoms with Gasteiger partial charge >= 0.3 is 5.97 Å². The van der Waals surface area contributed by atoms with Gasteiger partial charge in [0, 0.05) is 6.42 Å². The Bertz CT molecular complexity index is 802. The van der Waals surface area contributed by atoms with Gasteiger partial charge in [0.05, 0.1) is 6.04 Å². The molecule has 3 amide bonds. The maximum atomic E-state index is 13.1. The molecule has 1 rings (SSSR count). The molecule has 1 aromatic rings. The molecule has 0 aliphatic rings. The van der Waals surface area contributed by atoms with Crippen molar-refractivity contribution in [3.8, 4) is 0 Å². The summed E-state index contributed by atoms with van der Waals surface area (Å²) in [7, 11) is 0. The highest BCUT2D eigenvalue weighted by Gasteiger charge is 2.29. The second kappa shape index (κ2) is 15.0. The van der Waals surface area contributed by atoms with Crippen molar-refractivity contribution in [2.45, 2.75) is 77.0 Å².